The molecule has 0 bridgehead atoms. The summed E-state index contributed by atoms with van der Waals surface area (Å²) in [7, 11) is 0. The van der Waals surface area contributed by atoms with Crippen LogP contribution >= 0.6 is 12.6 Å². The average Bonchev–Trinajstić information content (AvgIpc) is 2.70. The molecule has 0 aliphatic carbocycles. The number of esters is 1. The fraction of sp³-hybridized carbons (Fsp3) is 0.273. The number of hydrogen-bond acceptors (Lipinski definition) is 5. The average molecular weight is 292 g/mol. The number of benzene rings is 1. The number of rotatable bonds is 4. The maximum absolute atomic E-state index is 11.0. The molecule has 0 spiro atoms. The topological polar surface area (TPSA) is 64.2 Å². The van der Waals surface area contributed by atoms with E-state index in [2.05, 4.69) is 22.6 Å². The smallest absolute Gasteiger partial charge is 1.00 e. The number of aromatic nitrogens is 2. The number of fused-ring (bicyclic) bond motifs is 1. The van der Waals surface area contributed by atoms with Gasteiger partial charge in [0.05, 0.1) is 23.4 Å². The molecular weight excluding hydrogens is 279 g/mol. The maximum Gasteiger partial charge on any atom is 1.00 e. The van der Waals surface area contributed by atoms with Gasteiger partial charge in [0.2, 0.25) is 0 Å². The van der Waals surface area contributed by atoms with Crippen LogP contribution in [0.25, 0.3) is 11.0 Å². The van der Waals surface area contributed by atoms with Crippen LogP contribution < -0.4 is 60.9 Å². The molecular formula is C11H13KN2O3S. The number of nitrogens with one attached hydrogen (secondary N) is 1. The third kappa shape index (κ3) is 3.97. The minimum absolute atomic E-state index is 0. The summed E-state index contributed by atoms with van der Waals surface area (Å²) in [4.78, 5) is 18.0. The Morgan fingerprint density at radius 2 is 2.33 bits per heavy atom. The molecule has 0 aliphatic rings. The summed E-state index contributed by atoms with van der Waals surface area (Å²) in [5.74, 6) is 0.314. The van der Waals surface area contributed by atoms with Gasteiger partial charge in [-0.05, 0) is 19.1 Å². The summed E-state index contributed by atoms with van der Waals surface area (Å²) in [6.07, 6.45) is 0. The predicted octanol–water partition coefficient (Wildman–Crippen LogP) is -1.09. The zero-order valence-electron chi connectivity index (χ0n) is 11.3. The van der Waals surface area contributed by atoms with Crippen LogP contribution in [0.1, 0.15) is 8.35 Å². The van der Waals surface area contributed by atoms with Crippen molar-refractivity contribution >= 4 is 29.6 Å². The van der Waals surface area contributed by atoms with E-state index in [1.54, 1.807) is 6.07 Å². The number of nitrogens with zero attached hydrogens (tertiary/aromatic N) is 1. The Hall–Kier alpha value is -0.0536. The molecule has 0 aliphatic heterocycles. The number of aromatic amines is 1. The van der Waals surface area contributed by atoms with Gasteiger partial charge >= 0.3 is 63.4 Å². The molecule has 1 aromatic carbocycles. The fourth-order valence-electron chi connectivity index (χ4n) is 1.41. The molecule has 0 atom stereocenters. The number of ether oxygens (including phenoxy) is 2. The van der Waals surface area contributed by atoms with Crippen LogP contribution in [0.15, 0.2) is 18.2 Å². The Morgan fingerprint density at radius 1 is 1.56 bits per heavy atom. The van der Waals surface area contributed by atoms with Crippen molar-refractivity contribution in [1.29, 1.82) is 0 Å². The number of imidazole rings is 1. The van der Waals surface area contributed by atoms with Gasteiger partial charge in [0.1, 0.15) is 5.75 Å². The second kappa shape index (κ2) is 7.51. The quantitative estimate of drug-likeness (QED) is 0.427. The van der Waals surface area contributed by atoms with Crippen molar-refractivity contribution in [2.24, 2.45) is 0 Å². The zero-order valence-corrected chi connectivity index (χ0v) is 14.3. The van der Waals surface area contributed by atoms with Gasteiger partial charge in [-0.2, -0.15) is 17.6 Å². The van der Waals surface area contributed by atoms with E-state index in [9.17, 15) is 4.79 Å². The Kier molecular flexibility index (Phi) is 6.68. The van der Waals surface area contributed by atoms with Crippen LogP contribution in [-0.2, 0) is 4.79 Å². The molecule has 1 heterocycles. The first kappa shape index (κ1) is 16.0. The third-order valence-electron chi connectivity index (χ3n) is 2.08. The number of thiol groups is 1. The molecule has 0 saturated heterocycles. The molecule has 92 valence electrons. The van der Waals surface area contributed by atoms with Crippen molar-refractivity contribution in [2.75, 3.05) is 12.4 Å². The van der Waals surface area contributed by atoms with Crippen molar-refractivity contribution in [2.45, 2.75) is 6.92 Å². The summed E-state index contributed by atoms with van der Waals surface area (Å²) in [6, 6.07) is 5.60. The molecule has 18 heavy (non-hydrogen) atoms. The molecule has 2 rings (SSSR count). The van der Waals surface area contributed by atoms with E-state index < -0.39 is 5.97 Å². The van der Waals surface area contributed by atoms with Gasteiger partial charge in [-0.25, -0.2) is 0 Å². The molecule has 5 nitrogen and oxygen atoms in total. The number of carbonyl (C=O) groups is 1. The van der Waals surface area contributed by atoms with Gasteiger partial charge < -0.3 is 15.9 Å². The van der Waals surface area contributed by atoms with Gasteiger partial charge in [0.15, 0.2) is 0 Å². The van der Waals surface area contributed by atoms with E-state index >= 15 is 0 Å². The van der Waals surface area contributed by atoms with Crippen LogP contribution in [0.2, 0.25) is 0 Å². The van der Waals surface area contributed by atoms with Gasteiger partial charge in [0, 0.05) is 6.07 Å². The summed E-state index contributed by atoms with van der Waals surface area (Å²) in [6.45, 7) is 2.51. The zero-order chi connectivity index (χ0) is 12.3. The van der Waals surface area contributed by atoms with Crippen LogP contribution in [0.3, 0.4) is 0 Å². The number of carbonyl (C=O) groups excluding carboxylic acids is 1. The van der Waals surface area contributed by atoms with Crippen LogP contribution in [0.4, 0.5) is 0 Å². The SMILES string of the molecule is CCOc1ccc2nc(OC(=O)CS)[nH]c2c1.[H-].[K+]. The second-order valence-corrected chi connectivity index (χ2v) is 3.60. The third-order valence-corrected chi connectivity index (χ3v) is 2.34. The van der Waals surface area contributed by atoms with Crippen LogP contribution in [0, 0.1) is 0 Å². The minimum Gasteiger partial charge on any atom is -1.00 e. The fourth-order valence-corrected chi connectivity index (χ4v) is 1.47. The van der Waals surface area contributed by atoms with E-state index in [0.29, 0.717) is 6.61 Å². The van der Waals surface area contributed by atoms with Crippen molar-refractivity contribution in [3.8, 4) is 11.8 Å². The number of hydrogen-bond donors (Lipinski definition) is 2. The Morgan fingerprint density at radius 3 is 3.00 bits per heavy atom. The van der Waals surface area contributed by atoms with E-state index in [0.717, 1.165) is 16.8 Å². The van der Waals surface area contributed by atoms with Crippen molar-refractivity contribution in [3.63, 3.8) is 0 Å². The molecule has 1 aromatic heterocycles. The van der Waals surface area contributed by atoms with Crippen molar-refractivity contribution in [1.82, 2.24) is 9.97 Å². The standard InChI is InChI=1S/C11H12N2O3S.K.H/c1-2-15-7-3-4-8-9(5-7)13-11(12-8)16-10(14)6-17;;/h3-5,17H,2,6H2,1H3,(H,12,13);;/q;+1;-1. The summed E-state index contributed by atoms with van der Waals surface area (Å²) >= 11 is 3.82. The maximum atomic E-state index is 11.0. The Labute approximate surface area is 154 Å². The molecule has 0 fully saturated rings. The van der Waals surface area contributed by atoms with Gasteiger partial charge in [0.25, 0.3) is 0 Å². The first-order valence-corrected chi connectivity index (χ1v) is 5.80. The number of H-pyrrole nitrogens is 1. The van der Waals surface area contributed by atoms with Crippen LogP contribution in [-0.4, -0.2) is 28.3 Å². The monoisotopic (exact) mass is 292 g/mol. The van der Waals surface area contributed by atoms with E-state index in [1.807, 2.05) is 19.1 Å². The Bertz CT molecular complexity index is 550. The van der Waals surface area contributed by atoms with E-state index in [-0.39, 0.29) is 64.6 Å². The first-order chi connectivity index (χ1) is 8.22. The first-order valence-electron chi connectivity index (χ1n) is 5.17. The molecule has 0 unspecified atom stereocenters. The van der Waals surface area contributed by atoms with Crippen molar-refractivity contribution in [3.05, 3.63) is 18.2 Å². The van der Waals surface area contributed by atoms with Gasteiger partial charge in [-0.3, -0.25) is 4.79 Å². The molecule has 7 heteroatoms. The molecule has 0 saturated carbocycles. The largest absolute Gasteiger partial charge is 1.00 e. The van der Waals surface area contributed by atoms with Gasteiger partial charge in [-0.1, -0.05) is 0 Å². The predicted molar refractivity (Wildman–Crippen MR) is 67.9 cm³/mol. The normalized spacial score (nSPS) is 9.89. The van der Waals surface area contributed by atoms with E-state index in [4.69, 9.17) is 9.47 Å². The minimum atomic E-state index is -0.447. The molecule has 2 aromatic rings. The molecule has 0 radical (unpaired) electrons. The molecule has 1 N–H and O–H groups in total. The van der Waals surface area contributed by atoms with E-state index in [1.165, 1.54) is 0 Å². The van der Waals surface area contributed by atoms with Gasteiger partial charge in [-0.15, -0.1) is 0 Å². The summed E-state index contributed by atoms with van der Waals surface area (Å²) in [5, 5.41) is 0. The van der Waals surface area contributed by atoms with Crippen LogP contribution in [0.5, 0.6) is 11.8 Å². The Balaban J connectivity index is 0.00000162. The molecule has 0 amide bonds. The van der Waals surface area contributed by atoms with Crippen molar-refractivity contribution < 1.29 is 67.1 Å². The summed E-state index contributed by atoms with van der Waals surface area (Å²) in [5.41, 5.74) is 1.48. The summed E-state index contributed by atoms with van der Waals surface area (Å²) < 4.78 is 10.3. The second-order valence-electron chi connectivity index (χ2n) is 3.29.